The van der Waals surface area contributed by atoms with Crippen molar-refractivity contribution < 1.29 is 4.42 Å². The quantitative estimate of drug-likeness (QED) is 0.894. The van der Waals surface area contributed by atoms with Crippen molar-refractivity contribution in [1.82, 2.24) is 5.32 Å². The Labute approximate surface area is 116 Å². The van der Waals surface area contributed by atoms with Crippen LogP contribution in [0.3, 0.4) is 0 Å². The molecule has 5 unspecified atom stereocenters. The van der Waals surface area contributed by atoms with Gasteiger partial charge in [-0.05, 0) is 74.3 Å². The van der Waals surface area contributed by atoms with Crippen molar-refractivity contribution in [3.05, 3.63) is 23.7 Å². The van der Waals surface area contributed by atoms with Gasteiger partial charge in [0.15, 0.2) is 0 Å². The molecule has 3 aliphatic rings. The summed E-state index contributed by atoms with van der Waals surface area (Å²) in [6.07, 6.45) is 5.97. The van der Waals surface area contributed by atoms with E-state index in [0.29, 0.717) is 6.04 Å². The molecule has 0 aliphatic heterocycles. The Bertz CT molecular complexity index is 466. The minimum atomic E-state index is 0.711. The second-order valence-electron chi connectivity index (χ2n) is 7.28. The van der Waals surface area contributed by atoms with Gasteiger partial charge in [0.2, 0.25) is 0 Å². The smallest absolute Gasteiger partial charge is 0.117 e. The fourth-order valence-corrected chi connectivity index (χ4v) is 5.24. The summed E-state index contributed by atoms with van der Waals surface area (Å²) in [5, 5.41) is 3.82. The van der Waals surface area contributed by atoms with Gasteiger partial charge in [0.1, 0.15) is 11.5 Å². The predicted molar refractivity (Wildman–Crippen MR) is 75.7 cm³/mol. The van der Waals surface area contributed by atoms with Gasteiger partial charge in [0.25, 0.3) is 0 Å². The lowest BCUT2D eigenvalue weighted by Gasteiger charge is -2.43. The third kappa shape index (κ3) is 1.96. The minimum absolute atomic E-state index is 0.711. The van der Waals surface area contributed by atoms with E-state index >= 15 is 0 Å². The van der Waals surface area contributed by atoms with E-state index in [1.807, 2.05) is 6.92 Å². The van der Waals surface area contributed by atoms with Crippen molar-refractivity contribution in [2.24, 2.45) is 29.6 Å². The van der Waals surface area contributed by atoms with Gasteiger partial charge in [-0.25, -0.2) is 0 Å². The van der Waals surface area contributed by atoms with Gasteiger partial charge in [-0.1, -0.05) is 6.92 Å². The number of hydrogen-bond donors (Lipinski definition) is 1. The average molecular weight is 259 g/mol. The zero-order valence-corrected chi connectivity index (χ0v) is 12.1. The molecule has 0 saturated heterocycles. The van der Waals surface area contributed by atoms with Crippen LogP contribution in [-0.2, 0) is 6.54 Å². The molecule has 0 aromatic carbocycles. The molecule has 0 radical (unpaired) electrons. The molecule has 4 rings (SSSR count). The number of nitrogens with one attached hydrogen (secondary N) is 1. The molecule has 19 heavy (non-hydrogen) atoms. The van der Waals surface area contributed by atoms with Crippen molar-refractivity contribution in [3.63, 3.8) is 0 Å². The first kappa shape index (κ1) is 12.0. The SMILES string of the molecule is Cc1ccc(CNC2C(C)CC3CC4C[C@H]2CC34)o1. The highest BCUT2D eigenvalue weighted by Crippen LogP contribution is 2.59. The molecule has 104 valence electrons. The molecule has 2 nitrogen and oxygen atoms in total. The lowest BCUT2D eigenvalue weighted by atomic mass is 9.63. The van der Waals surface area contributed by atoms with Crippen LogP contribution >= 0.6 is 0 Å². The zero-order chi connectivity index (χ0) is 13.0. The van der Waals surface area contributed by atoms with E-state index in [1.54, 1.807) is 0 Å². The van der Waals surface area contributed by atoms with Crippen LogP contribution in [-0.4, -0.2) is 6.04 Å². The maximum Gasteiger partial charge on any atom is 0.117 e. The van der Waals surface area contributed by atoms with Crippen molar-refractivity contribution in [1.29, 1.82) is 0 Å². The van der Waals surface area contributed by atoms with Crippen molar-refractivity contribution in [2.75, 3.05) is 0 Å². The zero-order valence-electron chi connectivity index (χ0n) is 12.1. The number of hydrogen-bond acceptors (Lipinski definition) is 2. The van der Waals surface area contributed by atoms with Crippen LogP contribution in [0.4, 0.5) is 0 Å². The third-order valence-electron chi connectivity index (χ3n) is 6.10. The summed E-state index contributed by atoms with van der Waals surface area (Å²) in [6.45, 7) is 5.38. The maximum atomic E-state index is 5.69. The predicted octanol–water partition coefficient (Wildman–Crippen LogP) is 3.75. The van der Waals surface area contributed by atoms with Gasteiger partial charge < -0.3 is 9.73 Å². The molecule has 0 amide bonds. The molecule has 2 heteroatoms. The summed E-state index contributed by atoms with van der Waals surface area (Å²) in [5.74, 6) is 7.10. The minimum Gasteiger partial charge on any atom is -0.465 e. The molecule has 1 N–H and O–H groups in total. The number of furan rings is 1. The molecular formula is C17H25NO. The first-order valence-corrected chi connectivity index (χ1v) is 7.99. The number of rotatable bonds is 3. The highest BCUT2D eigenvalue weighted by atomic mass is 16.3. The third-order valence-corrected chi connectivity index (χ3v) is 6.10. The summed E-state index contributed by atoms with van der Waals surface area (Å²) in [4.78, 5) is 0. The molecule has 6 atom stereocenters. The summed E-state index contributed by atoms with van der Waals surface area (Å²) in [6, 6.07) is 4.88. The van der Waals surface area contributed by atoms with Gasteiger partial charge >= 0.3 is 0 Å². The van der Waals surface area contributed by atoms with Gasteiger partial charge in [0.05, 0.1) is 6.54 Å². The molecular weight excluding hydrogens is 234 g/mol. The molecule has 3 fully saturated rings. The van der Waals surface area contributed by atoms with Crippen LogP contribution in [0.25, 0.3) is 0 Å². The fraction of sp³-hybridized carbons (Fsp3) is 0.765. The second-order valence-corrected chi connectivity index (χ2v) is 7.28. The van der Waals surface area contributed by atoms with Crippen LogP contribution in [0.2, 0.25) is 0 Å². The monoisotopic (exact) mass is 259 g/mol. The molecule has 1 aromatic heterocycles. The Morgan fingerprint density at radius 3 is 2.68 bits per heavy atom. The topological polar surface area (TPSA) is 25.2 Å². The van der Waals surface area contributed by atoms with Crippen molar-refractivity contribution >= 4 is 0 Å². The molecule has 3 saturated carbocycles. The summed E-state index contributed by atoms with van der Waals surface area (Å²) in [7, 11) is 0. The van der Waals surface area contributed by atoms with E-state index in [1.165, 1.54) is 25.7 Å². The lowest BCUT2D eigenvalue weighted by Crippen LogP contribution is -2.42. The van der Waals surface area contributed by atoms with E-state index in [-0.39, 0.29) is 0 Å². The highest BCUT2D eigenvalue weighted by Gasteiger charge is 2.52. The maximum absolute atomic E-state index is 5.69. The van der Waals surface area contributed by atoms with Gasteiger partial charge in [-0.3, -0.25) is 0 Å². The molecule has 2 bridgehead atoms. The lowest BCUT2D eigenvalue weighted by molar-refractivity contribution is 0.0717. The van der Waals surface area contributed by atoms with E-state index in [0.717, 1.165) is 47.7 Å². The second kappa shape index (κ2) is 4.37. The summed E-state index contributed by atoms with van der Waals surface area (Å²) < 4.78 is 5.69. The Hall–Kier alpha value is -0.760. The van der Waals surface area contributed by atoms with E-state index < -0.39 is 0 Å². The molecule has 0 spiro atoms. The van der Waals surface area contributed by atoms with Crippen LogP contribution < -0.4 is 5.32 Å². The number of fused-ring (bicyclic) bond motifs is 1. The normalized spacial score (nSPS) is 43.9. The van der Waals surface area contributed by atoms with E-state index in [2.05, 4.69) is 24.4 Å². The van der Waals surface area contributed by atoms with Crippen molar-refractivity contribution in [3.8, 4) is 0 Å². The first-order chi connectivity index (χ1) is 9.20. The van der Waals surface area contributed by atoms with Crippen LogP contribution in [0.5, 0.6) is 0 Å². The highest BCUT2D eigenvalue weighted by molar-refractivity contribution is 5.07. The molecule has 1 aromatic rings. The largest absolute Gasteiger partial charge is 0.465 e. The van der Waals surface area contributed by atoms with E-state index in [9.17, 15) is 0 Å². The molecule has 3 aliphatic carbocycles. The standard InChI is InChI=1S/C17H25NO/c1-10-5-12-6-13-7-14(8-16(12)13)17(10)18-9-15-4-3-11(2)19-15/h3-4,10,12-14,16-18H,5-9H2,1-2H3/t10?,12?,13?,14-,16?,17?/m0/s1. The summed E-state index contributed by atoms with van der Waals surface area (Å²) in [5.41, 5.74) is 0. The number of aryl methyl sites for hydroxylation is 1. The van der Waals surface area contributed by atoms with Crippen LogP contribution in [0.15, 0.2) is 16.5 Å². The average Bonchev–Trinajstić information content (AvgIpc) is 2.88. The Morgan fingerprint density at radius 2 is 1.89 bits per heavy atom. The van der Waals surface area contributed by atoms with Crippen LogP contribution in [0.1, 0.15) is 44.1 Å². The van der Waals surface area contributed by atoms with Gasteiger partial charge in [-0.15, -0.1) is 0 Å². The molecule has 1 heterocycles. The van der Waals surface area contributed by atoms with Gasteiger partial charge in [-0.2, -0.15) is 0 Å². The Balaban J connectivity index is 1.44. The Morgan fingerprint density at radius 1 is 1.11 bits per heavy atom. The first-order valence-electron chi connectivity index (χ1n) is 7.99. The van der Waals surface area contributed by atoms with Gasteiger partial charge in [0, 0.05) is 6.04 Å². The Kier molecular flexibility index (Phi) is 2.77. The van der Waals surface area contributed by atoms with E-state index in [4.69, 9.17) is 4.42 Å². The van der Waals surface area contributed by atoms with Crippen molar-refractivity contribution in [2.45, 2.75) is 52.1 Å². The summed E-state index contributed by atoms with van der Waals surface area (Å²) >= 11 is 0. The fourth-order valence-electron chi connectivity index (χ4n) is 5.24. The van der Waals surface area contributed by atoms with Crippen LogP contribution in [0, 0.1) is 36.5 Å².